The van der Waals surface area contributed by atoms with Crippen molar-refractivity contribution in [3.63, 3.8) is 0 Å². The van der Waals surface area contributed by atoms with Gasteiger partial charge in [-0.25, -0.2) is 13.1 Å². The molecule has 0 atom stereocenters. The van der Waals surface area contributed by atoms with Gasteiger partial charge in [-0.2, -0.15) is 0 Å². The van der Waals surface area contributed by atoms with E-state index in [1.807, 2.05) is 17.5 Å². The molecule has 0 fully saturated rings. The van der Waals surface area contributed by atoms with Crippen LogP contribution in [0.1, 0.15) is 27.2 Å². The van der Waals surface area contributed by atoms with E-state index in [9.17, 15) is 13.2 Å². The van der Waals surface area contributed by atoms with Gasteiger partial charge in [0.25, 0.3) is 5.91 Å². The SMILES string of the molecule is O=C(NCc1cc(Cl)c2c(c1)OCCCO2)c1cccc(S(=O)(=O)NCc2cccs2)c1. The molecule has 32 heavy (non-hydrogen) atoms. The predicted molar refractivity (Wildman–Crippen MR) is 123 cm³/mol. The van der Waals surface area contributed by atoms with Crippen molar-refractivity contribution >= 4 is 38.9 Å². The highest BCUT2D eigenvalue weighted by molar-refractivity contribution is 7.89. The van der Waals surface area contributed by atoms with Crippen LogP contribution in [0.3, 0.4) is 0 Å². The molecule has 0 spiro atoms. The van der Waals surface area contributed by atoms with Crippen LogP contribution in [0.2, 0.25) is 5.02 Å². The lowest BCUT2D eigenvalue weighted by atomic mass is 10.1. The van der Waals surface area contributed by atoms with E-state index in [2.05, 4.69) is 10.0 Å². The molecule has 2 heterocycles. The third kappa shape index (κ3) is 5.42. The Morgan fingerprint density at radius 2 is 1.91 bits per heavy atom. The number of rotatable bonds is 7. The van der Waals surface area contributed by atoms with Crippen molar-refractivity contribution in [2.75, 3.05) is 13.2 Å². The molecular formula is C22H21ClN2O5S2. The lowest BCUT2D eigenvalue weighted by Crippen LogP contribution is -2.25. The van der Waals surface area contributed by atoms with E-state index in [0.29, 0.717) is 29.7 Å². The van der Waals surface area contributed by atoms with Crippen LogP contribution in [0.25, 0.3) is 0 Å². The highest BCUT2D eigenvalue weighted by Gasteiger charge is 2.18. The number of ether oxygens (including phenoxy) is 2. The Morgan fingerprint density at radius 3 is 2.72 bits per heavy atom. The second-order valence-corrected chi connectivity index (χ2v) is 10.3. The summed E-state index contributed by atoms with van der Waals surface area (Å²) in [6.07, 6.45) is 0.762. The molecule has 0 bridgehead atoms. The second kappa shape index (κ2) is 9.91. The number of hydrogen-bond acceptors (Lipinski definition) is 6. The molecule has 0 unspecified atom stereocenters. The quantitative estimate of drug-likeness (QED) is 0.520. The fourth-order valence-corrected chi connectivity index (χ4v) is 5.21. The molecule has 3 aromatic rings. The van der Waals surface area contributed by atoms with Crippen molar-refractivity contribution < 1.29 is 22.7 Å². The van der Waals surface area contributed by atoms with E-state index in [4.69, 9.17) is 21.1 Å². The van der Waals surface area contributed by atoms with Crippen LogP contribution in [-0.2, 0) is 23.1 Å². The summed E-state index contributed by atoms with van der Waals surface area (Å²) in [5, 5.41) is 5.09. The van der Waals surface area contributed by atoms with E-state index in [-0.39, 0.29) is 23.5 Å². The largest absolute Gasteiger partial charge is 0.489 e. The van der Waals surface area contributed by atoms with E-state index in [1.54, 1.807) is 24.3 Å². The van der Waals surface area contributed by atoms with Gasteiger partial charge in [-0.15, -0.1) is 11.3 Å². The molecular weight excluding hydrogens is 472 g/mol. The third-order valence-corrected chi connectivity index (χ3v) is 7.29. The first-order valence-corrected chi connectivity index (χ1v) is 12.6. The number of sulfonamides is 1. The summed E-state index contributed by atoms with van der Waals surface area (Å²) in [5.41, 5.74) is 0.985. The molecule has 10 heteroatoms. The fraction of sp³-hybridized carbons (Fsp3) is 0.227. The predicted octanol–water partition coefficient (Wildman–Crippen LogP) is 3.97. The van der Waals surface area contributed by atoms with Gasteiger partial charge in [0.2, 0.25) is 10.0 Å². The standard InChI is InChI=1S/C22H21ClN2O5S2/c23-19-10-15(11-20-21(19)30-8-3-7-29-20)13-24-22(26)16-4-1-6-18(12-16)32(27,28)25-14-17-5-2-9-31-17/h1-2,4-6,9-12,25H,3,7-8,13-14H2,(H,24,26). The van der Waals surface area contributed by atoms with Gasteiger partial charge in [0.15, 0.2) is 11.5 Å². The van der Waals surface area contributed by atoms with Crippen LogP contribution in [0.5, 0.6) is 11.5 Å². The number of benzene rings is 2. The normalized spacial score (nSPS) is 13.4. The summed E-state index contributed by atoms with van der Waals surface area (Å²) in [4.78, 5) is 13.6. The summed E-state index contributed by atoms with van der Waals surface area (Å²) in [5.74, 6) is 0.653. The van der Waals surface area contributed by atoms with Crippen molar-refractivity contribution in [1.29, 1.82) is 0 Å². The Kier molecular flexibility index (Phi) is 7.00. The van der Waals surface area contributed by atoms with Crippen LogP contribution in [0, 0.1) is 0 Å². The fourth-order valence-electron chi connectivity index (χ4n) is 3.14. The second-order valence-electron chi connectivity index (χ2n) is 7.07. The molecule has 7 nitrogen and oxygen atoms in total. The maximum absolute atomic E-state index is 12.7. The molecule has 2 aromatic carbocycles. The Bertz CT molecular complexity index is 1210. The first-order chi connectivity index (χ1) is 15.4. The van der Waals surface area contributed by atoms with Gasteiger partial charge in [0.1, 0.15) is 0 Å². The summed E-state index contributed by atoms with van der Waals surface area (Å²) < 4.78 is 39.0. The number of nitrogens with one attached hydrogen (secondary N) is 2. The number of hydrogen-bond donors (Lipinski definition) is 2. The third-order valence-electron chi connectivity index (χ3n) is 4.74. The maximum atomic E-state index is 12.7. The average molecular weight is 493 g/mol. The molecule has 0 radical (unpaired) electrons. The molecule has 1 aliphatic rings. The smallest absolute Gasteiger partial charge is 0.251 e. The number of carbonyl (C=O) groups excluding carboxylic acids is 1. The summed E-state index contributed by atoms with van der Waals surface area (Å²) in [6, 6.07) is 13.1. The van der Waals surface area contributed by atoms with Crippen molar-refractivity contribution in [3.05, 3.63) is 74.9 Å². The van der Waals surface area contributed by atoms with Crippen LogP contribution >= 0.6 is 22.9 Å². The minimum atomic E-state index is -3.75. The van der Waals surface area contributed by atoms with Crippen LogP contribution in [0.4, 0.5) is 0 Å². The van der Waals surface area contributed by atoms with Crippen LogP contribution in [-0.4, -0.2) is 27.5 Å². The minimum absolute atomic E-state index is 0.0281. The summed E-state index contributed by atoms with van der Waals surface area (Å²) >= 11 is 7.76. The lowest BCUT2D eigenvalue weighted by molar-refractivity contribution is 0.0950. The van der Waals surface area contributed by atoms with Gasteiger partial charge in [0, 0.05) is 30.0 Å². The molecule has 168 valence electrons. The molecule has 1 amide bonds. The Labute approximate surface area is 195 Å². The monoisotopic (exact) mass is 492 g/mol. The Morgan fingerprint density at radius 1 is 1.06 bits per heavy atom. The zero-order chi connectivity index (χ0) is 22.6. The molecule has 1 aliphatic heterocycles. The van der Waals surface area contributed by atoms with Crippen LogP contribution in [0.15, 0.2) is 58.8 Å². The Balaban J connectivity index is 1.43. The molecule has 0 saturated carbocycles. The lowest BCUT2D eigenvalue weighted by Gasteiger charge is -2.12. The summed E-state index contributed by atoms with van der Waals surface area (Å²) in [6.45, 7) is 1.45. The van der Waals surface area contributed by atoms with Crippen molar-refractivity contribution in [1.82, 2.24) is 10.0 Å². The topological polar surface area (TPSA) is 93.7 Å². The molecule has 0 aliphatic carbocycles. The number of fused-ring (bicyclic) bond motifs is 1. The number of amides is 1. The molecule has 1 aromatic heterocycles. The van der Waals surface area contributed by atoms with Gasteiger partial charge in [-0.05, 0) is 47.3 Å². The van der Waals surface area contributed by atoms with Gasteiger partial charge < -0.3 is 14.8 Å². The Hall–Kier alpha value is -2.59. The number of thiophene rings is 1. The number of halogens is 1. The first kappa shape index (κ1) is 22.6. The zero-order valence-corrected chi connectivity index (χ0v) is 19.4. The number of carbonyl (C=O) groups is 1. The molecule has 0 saturated heterocycles. The van der Waals surface area contributed by atoms with Gasteiger partial charge in [-0.3, -0.25) is 4.79 Å². The van der Waals surface area contributed by atoms with E-state index in [1.165, 1.54) is 23.5 Å². The van der Waals surface area contributed by atoms with E-state index in [0.717, 1.165) is 16.9 Å². The van der Waals surface area contributed by atoms with Crippen molar-refractivity contribution in [2.24, 2.45) is 0 Å². The first-order valence-electron chi connectivity index (χ1n) is 9.91. The van der Waals surface area contributed by atoms with Gasteiger partial charge in [-0.1, -0.05) is 23.7 Å². The van der Waals surface area contributed by atoms with Gasteiger partial charge >= 0.3 is 0 Å². The zero-order valence-electron chi connectivity index (χ0n) is 17.0. The van der Waals surface area contributed by atoms with Crippen LogP contribution < -0.4 is 19.5 Å². The molecule has 2 N–H and O–H groups in total. The highest BCUT2D eigenvalue weighted by atomic mass is 35.5. The maximum Gasteiger partial charge on any atom is 0.251 e. The molecule has 4 rings (SSSR count). The average Bonchev–Trinajstić information content (AvgIpc) is 3.20. The minimum Gasteiger partial charge on any atom is -0.489 e. The van der Waals surface area contributed by atoms with E-state index < -0.39 is 15.9 Å². The summed E-state index contributed by atoms with van der Waals surface area (Å²) in [7, 11) is -3.75. The van der Waals surface area contributed by atoms with Crippen molar-refractivity contribution in [3.8, 4) is 11.5 Å². The highest BCUT2D eigenvalue weighted by Crippen LogP contribution is 2.38. The van der Waals surface area contributed by atoms with E-state index >= 15 is 0 Å². The van der Waals surface area contributed by atoms with Crippen molar-refractivity contribution in [2.45, 2.75) is 24.4 Å². The van der Waals surface area contributed by atoms with Gasteiger partial charge in [0.05, 0.1) is 23.1 Å².